The third-order valence-electron chi connectivity index (χ3n) is 6.04. The lowest BCUT2D eigenvalue weighted by Gasteiger charge is -2.40. The van der Waals surface area contributed by atoms with Crippen molar-refractivity contribution in [2.24, 2.45) is 4.99 Å². The molecule has 176 valence electrons. The number of nitrogens with zero attached hydrogens (tertiary/aromatic N) is 4. The van der Waals surface area contributed by atoms with Gasteiger partial charge in [0.1, 0.15) is 30.7 Å². The number of carbonyl (C=O) groups excluding carboxylic acids is 1. The van der Waals surface area contributed by atoms with Crippen molar-refractivity contribution in [2.75, 3.05) is 19.4 Å². The third-order valence-corrected chi connectivity index (χ3v) is 6.04. The Balaban J connectivity index is 1.82. The summed E-state index contributed by atoms with van der Waals surface area (Å²) in [6.07, 6.45) is -11.8. The number of aromatic nitrogens is 2. The first kappa shape index (κ1) is 22.8. The van der Waals surface area contributed by atoms with E-state index in [1.54, 1.807) is 0 Å². The fraction of sp³-hybridized carbons (Fsp3) is 0.647. The second kappa shape index (κ2) is 8.22. The third kappa shape index (κ3) is 3.10. The van der Waals surface area contributed by atoms with Gasteiger partial charge in [-0.2, -0.15) is 14.5 Å². The van der Waals surface area contributed by atoms with Gasteiger partial charge in [-0.15, -0.1) is 0 Å². The van der Waals surface area contributed by atoms with Crippen molar-refractivity contribution in [1.82, 2.24) is 19.8 Å². The molecular formula is C17H25N6O9+. The van der Waals surface area contributed by atoms with E-state index in [2.05, 4.69) is 20.3 Å². The van der Waals surface area contributed by atoms with Crippen molar-refractivity contribution < 1.29 is 44.9 Å². The van der Waals surface area contributed by atoms with Crippen LogP contribution in [0.15, 0.2) is 11.3 Å². The maximum absolute atomic E-state index is 11.9. The molecule has 0 bridgehead atoms. The van der Waals surface area contributed by atoms with Gasteiger partial charge in [0.15, 0.2) is 29.8 Å². The normalized spacial score (nSPS) is 41.6. The number of quaternary nitrogens is 1. The second-order valence-corrected chi connectivity index (χ2v) is 7.77. The van der Waals surface area contributed by atoms with Gasteiger partial charge in [0.25, 0.3) is 11.7 Å². The zero-order valence-corrected chi connectivity index (χ0v) is 16.8. The van der Waals surface area contributed by atoms with E-state index < -0.39 is 72.2 Å². The Morgan fingerprint density at radius 3 is 2.44 bits per heavy atom. The van der Waals surface area contributed by atoms with Crippen molar-refractivity contribution in [2.45, 2.75) is 55.2 Å². The average molecular weight is 457 g/mol. The monoisotopic (exact) mass is 457 g/mol. The minimum Gasteiger partial charge on any atom is -0.394 e. The van der Waals surface area contributed by atoms with E-state index in [9.17, 15) is 35.4 Å². The molecule has 0 saturated carbocycles. The number of fused-ring (bicyclic) bond motifs is 1. The fourth-order valence-electron chi connectivity index (χ4n) is 4.34. The number of nitrogens with two attached hydrogens (primary N) is 1. The SMILES string of the molecule is CNC(=O)C(O)[C@H]1O[C@@H]([N+]2([C@@H]3O[C@H](CO)[C@@H](O)[C@H]3O)C=Nc3c(N)ncnc32)[C@H](O)[C@@H]1O. The number of aliphatic hydroxyl groups is 6. The van der Waals surface area contributed by atoms with Crippen LogP contribution in [0.4, 0.5) is 17.3 Å². The molecule has 1 amide bonds. The molecule has 2 fully saturated rings. The summed E-state index contributed by atoms with van der Waals surface area (Å²) in [4.78, 5) is 24.1. The molecule has 2 unspecified atom stereocenters. The zero-order chi connectivity index (χ0) is 23.4. The average Bonchev–Trinajstić information content (AvgIpc) is 3.41. The number of nitrogen functional groups attached to an aromatic ring is 1. The van der Waals surface area contributed by atoms with E-state index in [4.69, 9.17) is 15.2 Å². The number of aliphatic imine (C=N–C) groups is 1. The minimum atomic E-state index is -1.84. The first-order valence-electron chi connectivity index (χ1n) is 9.77. The lowest BCUT2D eigenvalue weighted by molar-refractivity contribution is -0.161. The predicted molar refractivity (Wildman–Crippen MR) is 105 cm³/mol. The number of hydrogen-bond donors (Lipinski definition) is 8. The molecule has 3 aliphatic heterocycles. The Morgan fingerprint density at radius 2 is 1.81 bits per heavy atom. The number of carbonyl (C=O) groups is 1. The van der Waals surface area contributed by atoms with Crippen molar-refractivity contribution in [3.63, 3.8) is 0 Å². The fourth-order valence-corrected chi connectivity index (χ4v) is 4.34. The molecule has 1 aromatic heterocycles. The van der Waals surface area contributed by atoms with Gasteiger partial charge in [0.2, 0.25) is 18.8 Å². The van der Waals surface area contributed by atoms with Gasteiger partial charge in [-0.3, -0.25) is 4.79 Å². The Bertz CT molecular complexity index is 920. The first-order valence-corrected chi connectivity index (χ1v) is 9.77. The molecule has 9 N–H and O–H groups in total. The lowest BCUT2D eigenvalue weighted by atomic mass is 10.0. The smallest absolute Gasteiger partial charge is 0.269 e. The van der Waals surface area contributed by atoms with Gasteiger partial charge in [-0.1, -0.05) is 0 Å². The van der Waals surface area contributed by atoms with Crippen LogP contribution in [0.1, 0.15) is 0 Å². The Hall–Kier alpha value is -2.34. The molecule has 0 radical (unpaired) electrons. The molecule has 3 aliphatic rings. The van der Waals surface area contributed by atoms with Crippen LogP contribution in [0, 0.1) is 0 Å². The van der Waals surface area contributed by atoms with E-state index >= 15 is 0 Å². The molecule has 15 nitrogen and oxygen atoms in total. The van der Waals surface area contributed by atoms with Crippen LogP contribution in [-0.4, -0.2) is 122 Å². The summed E-state index contributed by atoms with van der Waals surface area (Å²) in [5, 5.41) is 64.5. The summed E-state index contributed by atoms with van der Waals surface area (Å²) < 4.78 is 10.6. The largest absolute Gasteiger partial charge is 0.394 e. The number of hydrogen-bond acceptors (Lipinski definition) is 13. The van der Waals surface area contributed by atoms with E-state index in [-0.39, 0.29) is 17.3 Å². The van der Waals surface area contributed by atoms with Crippen LogP contribution in [0.5, 0.6) is 0 Å². The van der Waals surface area contributed by atoms with Gasteiger partial charge in [0.05, 0.1) is 6.61 Å². The van der Waals surface area contributed by atoms with E-state index in [1.807, 2.05) is 0 Å². The summed E-state index contributed by atoms with van der Waals surface area (Å²) in [5.74, 6) is -0.880. The Morgan fingerprint density at radius 1 is 1.16 bits per heavy atom. The molecule has 10 atom stereocenters. The highest BCUT2D eigenvalue weighted by Gasteiger charge is 2.67. The number of likely N-dealkylation sites (N-methyl/N-ethyl adjacent to an activating group) is 1. The Labute approximate surface area is 181 Å². The number of aliphatic hydroxyl groups excluding tert-OH is 6. The van der Waals surface area contributed by atoms with Crippen LogP contribution in [0.25, 0.3) is 0 Å². The summed E-state index contributed by atoms with van der Waals surface area (Å²) in [7, 11) is 1.27. The molecule has 4 heterocycles. The number of nitrogens with one attached hydrogen (secondary N) is 1. The highest BCUT2D eigenvalue weighted by Crippen LogP contribution is 2.48. The van der Waals surface area contributed by atoms with Gasteiger partial charge in [-0.25, -0.2) is 4.98 Å². The van der Waals surface area contributed by atoms with Gasteiger partial charge >= 0.3 is 0 Å². The Kier molecular flexibility index (Phi) is 5.86. The maximum Gasteiger partial charge on any atom is 0.269 e. The van der Waals surface area contributed by atoms with Crippen LogP contribution in [-0.2, 0) is 14.3 Å². The predicted octanol–water partition coefficient (Wildman–Crippen LogP) is -4.97. The standard InChI is InChI=1S/C17H24N6O9/c1-19-15(30)11(29)12-8(26)10(28)17(32-12)23(16-9(27)7(25)5(2-24)31-16)4-22-6-13(18)20-3-21-14(6)23/h3-5,7-12,16-17,24-29H,2H2,1H3,(H2-,18,19,20,21,30)/p+1/t5-,7-,8+,9-,10-,11?,12+,16-,17-,23?/m1/s1. The van der Waals surface area contributed by atoms with Crippen LogP contribution >= 0.6 is 0 Å². The topological polar surface area (TPSA) is 233 Å². The summed E-state index contributed by atoms with van der Waals surface area (Å²) in [5.41, 5.74) is 5.96. The molecule has 15 heteroatoms. The van der Waals surface area contributed by atoms with Crippen molar-refractivity contribution >= 4 is 29.6 Å². The van der Waals surface area contributed by atoms with Gasteiger partial charge in [-0.05, 0) is 0 Å². The number of amides is 1. The molecule has 32 heavy (non-hydrogen) atoms. The van der Waals surface area contributed by atoms with E-state index in [0.29, 0.717) is 0 Å². The molecular weight excluding hydrogens is 432 g/mol. The highest BCUT2D eigenvalue weighted by molar-refractivity contribution is 5.91. The summed E-state index contributed by atoms with van der Waals surface area (Å²) in [6, 6.07) is 0. The minimum absolute atomic E-state index is 0.0127. The van der Waals surface area contributed by atoms with Crippen LogP contribution < -0.4 is 15.5 Å². The van der Waals surface area contributed by atoms with Crippen LogP contribution in [0.2, 0.25) is 0 Å². The van der Waals surface area contributed by atoms with Crippen molar-refractivity contribution in [1.29, 1.82) is 0 Å². The molecule has 0 spiro atoms. The zero-order valence-electron chi connectivity index (χ0n) is 16.8. The number of rotatable bonds is 5. The molecule has 0 aromatic carbocycles. The van der Waals surface area contributed by atoms with Gasteiger partial charge in [0, 0.05) is 7.05 Å². The van der Waals surface area contributed by atoms with Gasteiger partial charge < -0.3 is 51.2 Å². The number of ether oxygens (including phenoxy) is 2. The van der Waals surface area contributed by atoms with Crippen molar-refractivity contribution in [3.8, 4) is 0 Å². The molecule has 2 saturated heterocycles. The maximum atomic E-state index is 11.9. The molecule has 0 aliphatic carbocycles. The highest BCUT2D eigenvalue weighted by atomic mass is 16.6. The van der Waals surface area contributed by atoms with E-state index in [0.717, 1.165) is 6.33 Å². The van der Waals surface area contributed by atoms with E-state index in [1.165, 1.54) is 13.4 Å². The summed E-state index contributed by atoms with van der Waals surface area (Å²) >= 11 is 0. The van der Waals surface area contributed by atoms with Crippen LogP contribution in [0.3, 0.4) is 0 Å². The number of anilines is 1. The lowest BCUT2D eigenvalue weighted by Crippen LogP contribution is -2.68. The quantitative estimate of drug-likeness (QED) is 0.194. The van der Waals surface area contributed by atoms with Crippen molar-refractivity contribution in [3.05, 3.63) is 6.33 Å². The first-order chi connectivity index (χ1) is 15.2. The molecule has 1 aromatic rings. The summed E-state index contributed by atoms with van der Waals surface area (Å²) in [6.45, 7) is -0.626. The second-order valence-electron chi connectivity index (χ2n) is 7.77. The molecule has 4 rings (SSSR count).